The molecule has 1 aromatic heterocycles. The number of nitrogens with zero attached hydrogens (tertiary/aromatic N) is 1. The number of aromatic nitrogens is 1. The molecule has 102 valence electrons. The minimum Gasteiger partial charge on any atom is -0.313 e. The van der Waals surface area contributed by atoms with Crippen LogP contribution in [-0.2, 0) is 6.42 Å². The summed E-state index contributed by atoms with van der Waals surface area (Å²) in [4.78, 5) is 4.40. The number of likely N-dealkylation sites (N-methyl/N-ethyl adjacent to an activating group) is 1. The number of hydrogen-bond donors (Lipinski definition) is 1. The lowest BCUT2D eigenvalue weighted by molar-refractivity contribution is 0.513. The normalized spacial score (nSPS) is 18.9. The van der Waals surface area contributed by atoms with Crippen LogP contribution in [-0.4, -0.2) is 28.6 Å². The zero-order chi connectivity index (χ0) is 12.6. The summed E-state index contributed by atoms with van der Waals surface area (Å²) in [6, 6.07) is 0.591. The molecule has 1 heterocycles. The van der Waals surface area contributed by atoms with Gasteiger partial charge < -0.3 is 5.32 Å². The molecular weight excluding hydrogens is 260 g/mol. The summed E-state index contributed by atoms with van der Waals surface area (Å²) in [6.07, 6.45) is 10.2. The van der Waals surface area contributed by atoms with Crippen molar-refractivity contribution in [2.45, 2.75) is 56.7 Å². The maximum atomic E-state index is 4.40. The van der Waals surface area contributed by atoms with E-state index in [0.29, 0.717) is 6.04 Å². The molecule has 1 atom stereocenters. The molecule has 1 aliphatic carbocycles. The van der Waals surface area contributed by atoms with Gasteiger partial charge in [0.2, 0.25) is 0 Å². The lowest BCUT2D eigenvalue weighted by Crippen LogP contribution is -2.34. The molecule has 1 aromatic rings. The predicted octanol–water partition coefficient (Wildman–Crippen LogP) is 3.73. The first kappa shape index (κ1) is 14.4. The highest BCUT2D eigenvalue weighted by molar-refractivity contribution is 7.99. The van der Waals surface area contributed by atoms with Crippen molar-refractivity contribution < 1.29 is 0 Å². The third-order valence-electron chi connectivity index (χ3n) is 3.48. The van der Waals surface area contributed by atoms with Gasteiger partial charge in [-0.15, -0.1) is 11.3 Å². The van der Waals surface area contributed by atoms with Gasteiger partial charge in [-0.25, -0.2) is 4.98 Å². The van der Waals surface area contributed by atoms with E-state index in [0.717, 1.165) is 18.2 Å². The second-order valence-electron chi connectivity index (χ2n) is 4.98. The van der Waals surface area contributed by atoms with E-state index in [2.05, 4.69) is 34.4 Å². The minimum atomic E-state index is 0.591. The Balaban J connectivity index is 1.74. The van der Waals surface area contributed by atoms with E-state index in [1.165, 1.54) is 42.9 Å². The summed E-state index contributed by atoms with van der Waals surface area (Å²) in [6.45, 7) is 3.25. The molecule has 0 radical (unpaired) electrons. The molecule has 0 aliphatic heterocycles. The van der Waals surface area contributed by atoms with Crippen LogP contribution in [0.15, 0.2) is 11.6 Å². The summed E-state index contributed by atoms with van der Waals surface area (Å²) in [5, 5.41) is 7.86. The molecule has 0 saturated heterocycles. The van der Waals surface area contributed by atoms with Crippen molar-refractivity contribution in [2.75, 3.05) is 12.3 Å². The minimum absolute atomic E-state index is 0.591. The van der Waals surface area contributed by atoms with Crippen LogP contribution in [0.2, 0.25) is 0 Å². The topological polar surface area (TPSA) is 24.9 Å². The molecule has 1 aliphatic rings. The lowest BCUT2D eigenvalue weighted by Gasteiger charge is -2.24. The summed E-state index contributed by atoms with van der Waals surface area (Å²) >= 11 is 3.96. The molecule has 18 heavy (non-hydrogen) atoms. The average Bonchev–Trinajstić information content (AvgIpc) is 2.90. The van der Waals surface area contributed by atoms with E-state index in [4.69, 9.17) is 0 Å². The molecule has 1 unspecified atom stereocenters. The smallest absolute Gasteiger partial charge is 0.0940 e. The van der Waals surface area contributed by atoms with Gasteiger partial charge in [-0.1, -0.05) is 26.2 Å². The van der Waals surface area contributed by atoms with Crippen LogP contribution in [0.5, 0.6) is 0 Å². The molecular formula is C14H24N2S2. The maximum Gasteiger partial charge on any atom is 0.0940 e. The van der Waals surface area contributed by atoms with Gasteiger partial charge in [0.05, 0.1) is 5.01 Å². The fourth-order valence-corrected chi connectivity index (χ4v) is 4.63. The van der Waals surface area contributed by atoms with Gasteiger partial charge in [-0.3, -0.25) is 0 Å². The monoisotopic (exact) mass is 284 g/mol. The van der Waals surface area contributed by atoms with Crippen molar-refractivity contribution >= 4 is 23.1 Å². The largest absolute Gasteiger partial charge is 0.313 e. The Labute approximate surface area is 119 Å². The third kappa shape index (κ3) is 4.90. The number of thiazole rings is 1. The van der Waals surface area contributed by atoms with Gasteiger partial charge in [-0.2, -0.15) is 11.8 Å². The van der Waals surface area contributed by atoms with Crippen molar-refractivity contribution in [3.05, 3.63) is 16.6 Å². The van der Waals surface area contributed by atoms with Crippen LogP contribution in [0.3, 0.4) is 0 Å². The number of nitrogens with one attached hydrogen (secondary N) is 1. The van der Waals surface area contributed by atoms with Crippen LogP contribution in [0.1, 0.15) is 44.0 Å². The molecule has 1 saturated carbocycles. The van der Waals surface area contributed by atoms with Crippen LogP contribution in [0.25, 0.3) is 0 Å². The van der Waals surface area contributed by atoms with Crippen molar-refractivity contribution in [1.29, 1.82) is 0 Å². The van der Waals surface area contributed by atoms with E-state index in [-0.39, 0.29) is 0 Å². The van der Waals surface area contributed by atoms with Crippen LogP contribution < -0.4 is 5.32 Å². The number of thioether (sulfide) groups is 1. The molecule has 0 amide bonds. The maximum absolute atomic E-state index is 4.40. The van der Waals surface area contributed by atoms with Gasteiger partial charge in [-0.05, 0) is 19.4 Å². The zero-order valence-electron chi connectivity index (χ0n) is 11.2. The van der Waals surface area contributed by atoms with Gasteiger partial charge in [0.15, 0.2) is 0 Å². The Kier molecular flexibility index (Phi) is 6.52. The second-order valence-corrected chi connectivity index (χ2v) is 7.29. The predicted molar refractivity (Wildman–Crippen MR) is 82.6 cm³/mol. The Hall–Kier alpha value is -0.0600. The standard InChI is InChI=1S/C14H24N2S2/c1-2-15-12(10-14-16-8-9-17-14)11-18-13-6-4-3-5-7-13/h8-9,12-13,15H,2-7,10-11H2,1H3. The Bertz CT molecular complexity index is 308. The van der Waals surface area contributed by atoms with E-state index in [1.54, 1.807) is 11.3 Å². The molecule has 1 N–H and O–H groups in total. The summed E-state index contributed by atoms with van der Waals surface area (Å²) in [7, 11) is 0. The summed E-state index contributed by atoms with van der Waals surface area (Å²) < 4.78 is 0. The first-order valence-electron chi connectivity index (χ1n) is 7.12. The molecule has 2 nitrogen and oxygen atoms in total. The van der Waals surface area contributed by atoms with E-state index in [9.17, 15) is 0 Å². The molecule has 4 heteroatoms. The molecule has 0 aromatic carbocycles. The summed E-state index contributed by atoms with van der Waals surface area (Å²) in [5.41, 5.74) is 0. The Morgan fingerprint density at radius 2 is 2.28 bits per heavy atom. The first-order chi connectivity index (χ1) is 8.88. The number of hydrogen-bond acceptors (Lipinski definition) is 4. The van der Waals surface area contributed by atoms with Crippen LogP contribution >= 0.6 is 23.1 Å². The van der Waals surface area contributed by atoms with Gasteiger partial charge >= 0.3 is 0 Å². The first-order valence-corrected chi connectivity index (χ1v) is 9.04. The van der Waals surface area contributed by atoms with E-state index < -0.39 is 0 Å². The average molecular weight is 284 g/mol. The van der Waals surface area contributed by atoms with E-state index in [1.807, 2.05) is 6.20 Å². The second kappa shape index (κ2) is 8.18. The quantitative estimate of drug-likeness (QED) is 0.826. The number of rotatable bonds is 7. The van der Waals surface area contributed by atoms with Gasteiger partial charge in [0, 0.05) is 35.0 Å². The van der Waals surface area contributed by atoms with Crippen molar-refractivity contribution in [2.24, 2.45) is 0 Å². The summed E-state index contributed by atoms with van der Waals surface area (Å²) in [5.74, 6) is 1.23. The van der Waals surface area contributed by atoms with Crippen LogP contribution in [0.4, 0.5) is 0 Å². The van der Waals surface area contributed by atoms with Gasteiger partial charge in [0.1, 0.15) is 0 Å². The molecule has 1 fully saturated rings. The highest BCUT2D eigenvalue weighted by atomic mass is 32.2. The molecule has 0 spiro atoms. The Morgan fingerprint density at radius 1 is 1.44 bits per heavy atom. The van der Waals surface area contributed by atoms with E-state index >= 15 is 0 Å². The van der Waals surface area contributed by atoms with Crippen molar-refractivity contribution in [3.8, 4) is 0 Å². The SMILES string of the molecule is CCNC(CSC1CCCCC1)Cc1nccs1. The van der Waals surface area contributed by atoms with Gasteiger partial charge in [0.25, 0.3) is 0 Å². The fraction of sp³-hybridized carbons (Fsp3) is 0.786. The highest BCUT2D eigenvalue weighted by Gasteiger charge is 2.17. The highest BCUT2D eigenvalue weighted by Crippen LogP contribution is 2.28. The van der Waals surface area contributed by atoms with Crippen molar-refractivity contribution in [3.63, 3.8) is 0 Å². The fourth-order valence-electron chi connectivity index (χ4n) is 2.53. The van der Waals surface area contributed by atoms with Crippen molar-refractivity contribution in [1.82, 2.24) is 10.3 Å². The Morgan fingerprint density at radius 3 is 2.94 bits per heavy atom. The molecule has 2 rings (SSSR count). The zero-order valence-corrected chi connectivity index (χ0v) is 12.9. The molecule has 0 bridgehead atoms. The third-order valence-corrected chi connectivity index (χ3v) is 5.82. The van der Waals surface area contributed by atoms with Crippen LogP contribution in [0, 0.1) is 0 Å². The lowest BCUT2D eigenvalue weighted by atomic mass is 10.0.